The van der Waals surface area contributed by atoms with Crippen LogP contribution >= 0.6 is 0 Å². The fourth-order valence-electron chi connectivity index (χ4n) is 4.02. The number of hydrogen-bond acceptors (Lipinski definition) is 7. The first-order chi connectivity index (χ1) is 12.4. The summed E-state index contributed by atoms with van der Waals surface area (Å²) in [6.07, 6.45) is 3.32. The Morgan fingerprint density at radius 3 is 2.77 bits per heavy atom. The first kappa shape index (κ1) is 16.8. The summed E-state index contributed by atoms with van der Waals surface area (Å²) in [6, 6.07) is 0.0688. The van der Waals surface area contributed by atoms with Gasteiger partial charge < -0.3 is 23.7 Å². The molecule has 2 fully saturated rings. The fourth-order valence-corrected chi connectivity index (χ4v) is 4.02. The Kier molecular flexibility index (Phi) is 3.87. The number of nitrogens with zero attached hydrogens (tertiary/aromatic N) is 2. The lowest BCUT2D eigenvalue weighted by Crippen LogP contribution is -2.57. The summed E-state index contributed by atoms with van der Waals surface area (Å²) in [5.74, 6) is -3.18. The zero-order chi connectivity index (χ0) is 18.6. The van der Waals surface area contributed by atoms with Crippen LogP contribution in [0.15, 0.2) is 11.0 Å². The minimum absolute atomic E-state index is 0.0540. The van der Waals surface area contributed by atoms with Gasteiger partial charge in [0.05, 0.1) is 19.8 Å². The molecule has 2 aliphatic heterocycles. The highest BCUT2D eigenvalue weighted by molar-refractivity contribution is 6.56. The van der Waals surface area contributed by atoms with Crippen LogP contribution in [0.4, 0.5) is 4.79 Å². The van der Waals surface area contributed by atoms with E-state index >= 15 is 0 Å². The third-order valence-electron chi connectivity index (χ3n) is 5.06. The summed E-state index contributed by atoms with van der Waals surface area (Å²) < 4.78 is 16.8. The first-order valence-electron chi connectivity index (χ1n) is 8.22. The molecule has 2 bridgehead atoms. The molecule has 1 saturated heterocycles. The molecule has 1 amide bonds. The number of amides is 1. The van der Waals surface area contributed by atoms with Crippen LogP contribution in [-0.4, -0.2) is 60.5 Å². The lowest BCUT2D eigenvalue weighted by Gasteiger charge is -2.44. The van der Waals surface area contributed by atoms with E-state index in [1.54, 1.807) is 4.90 Å². The lowest BCUT2D eigenvalue weighted by atomic mass is 10.1. The predicted molar refractivity (Wildman–Crippen MR) is 86.3 cm³/mol. The molecule has 4 rings (SSSR count). The Morgan fingerprint density at radius 2 is 2.08 bits per heavy atom. The molecule has 0 aromatic carbocycles. The number of esters is 1. The molecule has 3 aliphatic rings. The van der Waals surface area contributed by atoms with Gasteiger partial charge >= 0.3 is 5.97 Å². The van der Waals surface area contributed by atoms with Gasteiger partial charge in [0, 0.05) is 12.2 Å². The summed E-state index contributed by atoms with van der Waals surface area (Å²) >= 11 is 0. The van der Waals surface area contributed by atoms with Crippen LogP contribution in [0.25, 0.3) is 0 Å². The number of fused-ring (bicyclic) bond motifs is 5. The largest absolute Gasteiger partial charge is 0.491 e. The molecule has 26 heavy (non-hydrogen) atoms. The van der Waals surface area contributed by atoms with Crippen molar-refractivity contribution in [1.29, 1.82) is 0 Å². The number of pyridine rings is 1. The van der Waals surface area contributed by atoms with Crippen LogP contribution < -0.4 is 10.2 Å². The molecule has 0 spiro atoms. The van der Waals surface area contributed by atoms with Crippen molar-refractivity contribution >= 4 is 25.6 Å². The lowest BCUT2D eigenvalue weighted by molar-refractivity contribution is -0.132. The third-order valence-corrected chi connectivity index (χ3v) is 5.06. The molecule has 10 heteroatoms. The van der Waals surface area contributed by atoms with Crippen molar-refractivity contribution in [3.63, 3.8) is 0 Å². The van der Waals surface area contributed by atoms with E-state index in [9.17, 15) is 19.2 Å². The number of hydrogen-bond donors (Lipinski definition) is 0. The highest BCUT2D eigenvalue weighted by atomic mass is 16.6. The number of carbonyl (C=O) groups excluding carboxylic acids is 3. The highest BCUT2D eigenvalue weighted by Gasteiger charge is 2.47. The molecule has 9 nitrogen and oxygen atoms in total. The molecule has 1 aromatic rings. The van der Waals surface area contributed by atoms with Gasteiger partial charge in [-0.15, -0.1) is 0 Å². The molecule has 0 unspecified atom stereocenters. The smallest absolute Gasteiger partial charge is 0.350 e. The summed E-state index contributed by atoms with van der Waals surface area (Å²) in [6.45, 7) is 0.238. The van der Waals surface area contributed by atoms with E-state index < -0.39 is 29.1 Å². The van der Waals surface area contributed by atoms with Crippen LogP contribution in [0.2, 0.25) is 0 Å². The van der Waals surface area contributed by atoms with Gasteiger partial charge in [-0.05, 0) is 19.3 Å². The summed E-state index contributed by atoms with van der Waals surface area (Å²) in [4.78, 5) is 50.1. The second kappa shape index (κ2) is 5.98. The zero-order valence-corrected chi connectivity index (χ0v) is 14.0. The molecule has 3 atom stereocenters. The number of carbonyl (C=O) groups is 3. The normalized spacial score (nSPS) is 26.1. The maximum absolute atomic E-state index is 13.0. The molecule has 1 aromatic heterocycles. The average Bonchev–Trinajstić information content (AvgIpc) is 2.95. The molecule has 134 valence electrons. The van der Waals surface area contributed by atoms with E-state index in [2.05, 4.69) is 4.74 Å². The van der Waals surface area contributed by atoms with E-state index in [0.717, 1.165) is 19.3 Å². The van der Waals surface area contributed by atoms with E-state index in [-0.39, 0.29) is 36.0 Å². The van der Waals surface area contributed by atoms with Crippen LogP contribution in [0.3, 0.4) is 0 Å². The van der Waals surface area contributed by atoms with Crippen molar-refractivity contribution in [3.8, 4) is 5.75 Å². The van der Waals surface area contributed by atoms with Crippen molar-refractivity contribution in [2.24, 2.45) is 0 Å². The van der Waals surface area contributed by atoms with E-state index in [0.29, 0.717) is 0 Å². The quantitative estimate of drug-likeness (QED) is 0.418. The van der Waals surface area contributed by atoms with Crippen molar-refractivity contribution in [1.82, 2.24) is 9.47 Å². The van der Waals surface area contributed by atoms with Gasteiger partial charge in [-0.25, -0.2) is 4.79 Å². The maximum Gasteiger partial charge on any atom is 0.350 e. The standard InChI is InChI=1S/C16H15BN2O7/c1-24-13-11-14(21)19-7-2-3-8(4-7)25-10(19)6-18(11)5-9(12(13)20)15(22)26-16(17)23/h5,7-8,10H,2-4,6H2,1H3/t7-,8+,10+/m0/s1. The summed E-state index contributed by atoms with van der Waals surface area (Å²) in [5, 5.41) is 0. The Hall–Kier alpha value is -2.62. The molecule has 1 aliphatic carbocycles. The van der Waals surface area contributed by atoms with Crippen molar-refractivity contribution in [2.75, 3.05) is 7.11 Å². The van der Waals surface area contributed by atoms with Crippen LogP contribution in [0, 0.1) is 0 Å². The van der Waals surface area contributed by atoms with E-state index in [4.69, 9.17) is 17.3 Å². The average molecular weight is 358 g/mol. The molecule has 3 heterocycles. The first-order valence-corrected chi connectivity index (χ1v) is 8.22. The maximum atomic E-state index is 13.0. The molecular formula is C16H15BN2O7. The van der Waals surface area contributed by atoms with E-state index in [1.807, 2.05) is 0 Å². The van der Waals surface area contributed by atoms with Gasteiger partial charge in [-0.1, -0.05) is 0 Å². The molecular weight excluding hydrogens is 343 g/mol. The Morgan fingerprint density at radius 1 is 1.31 bits per heavy atom. The van der Waals surface area contributed by atoms with Gasteiger partial charge in [-0.2, -0.15) is 0 Å². The van der Waals surface area contributed by atoms with E-state index in [1.165, 1.54) is 17.9 Å². The van der Waals surface area contributed by atoms with Crippen molar-refractivity contribution in [2.45, 2.75) is 44.2 Å². The summed E-state index contributed by atoms with van der Waals surface area (Å²) in [5.41, 5.74) is -1.22. The monoisotopic (exact) mass is 358 g/mol. The number of ether oxygens (including phenoxy) is 3. The Bertz CT molecular complexity index is 880. The minimum Gasteiger partial charge on any atom is -0.491 e. The number of rotatable bonds is 2. The number of aromatic nitrogens is 1. The molecule has 2 radical (unpaired) electrons. The SMILES string of the molecule is [B]C(=O)OC(=O)c1cn2c(c(OC)c1=O)C(=O)N1[C@H]3CC[C@H](C3)O[C@@H]1C2. The Balaban J connectivity index is 1.82. The van der Waals surface area contributed by atoms with Gasteiger partial charge in [0.1, 0.15) is 5.56 Å². The second-order valence-electron chi connectivity index (χ2n) is 6.51. The van der Waals surface area contributed by atoms with Gasteiger partial charge in [0.2, 0.25) is 19.1 Å². The van der Waals surface area contributed by atoms with Gasteiger partial charge in [0.25, 0.3) is 5.91 Å². The van der Waals surface area contributed by atoms with Crippen molar-refractivity contribution in [3.05, 3.63) is 27.7 Å². The fraction of sp³-hybridized carbons (Fsp3) is 0.500. The zero-order valence-electron chi connectivity index (χ0n) is 14.0. The van der Waals surface area contributed by atoms with Crippen LogP contribution in [0.5, 0.6) is 5.75 Å². The van der Waals surface area contributed by atoms with Crippen LogP contribution in [-0.2, 0) is 16.0 Å². The summed E-state index contributed by atoms with van der Waals surface area (Å²) in [7, 11) is 6.07. The molecule has 1 saturated carbocycles. The highest BCUT2D eigenvalue weighted by Crippen LogP contribution is 2.38. The third kappa shape index (κ3) is 2.44. The van der Waals surface area contributed by atoms with Crippen LogP contribution in [0.1, 0.15) is 40.1 Å². The van der Waals surface area contributed by atoms with Gasteiger partial charge in [-0.3, -0.25) is 14.4 Å². The minimum atomic E-state index is -1.33. The number of methoxy groups -OCH3 is 1. The van der Waals surface area contributed by atoms with Gasteiger partial charge in [0.15, 0.2) is 17.7 Å². The Labute approximate surface area is 149 Å². The predicted octanol–water partition coefficient (Wildman–Crippen LogP) is 0.0354. The molecule has 0 N–H and O–H groups in total. The topological polar surface area (TPSA) is 104 Å². The second-order valence-corrected chi connectivity index (χ2v) is 6.51. The van der Waals surface area contributed by atoms with Crippen molar-refractivity contribution < 1.29 is 28.6 Å².